The van der Waals surface area contributed by atoms with Gasteiger partial charge >= 0.3 is 0 Å². The number of hydrogen-bond acceptors (Lipinski definition) is 0. The smallest absolute Gasteiger partial charge is 0.0148 e. The summed E-state index contributed by atoms with van der Waals surface area (Å²) < 4.78 is 0. The average Bonchev–Trinajstić information content (AvgIpc) is 2.40. The van der Waals surface area contributed by atoms with Crippen LogP contribution in [0, 0.1) is 6.92 Å². The van der Waals surface area contributed by atoms with Gasteiger partial charge in [-0.1, -0.05) is 68.8 Å². The highest BCUT2D eigenvalue weighted by Gasteiger charge is 2.01. The third kappa shape index (κ3) is 2.38. The van der Waals surface area contributed by atoms with E-state index in [9.17, 15) is 0 Å². The first kappa shape index (κ1) is 12.6. The minimum absolute atomic E-state index is 1.25. The monoisotopic (exact) mass is 236 g/mol. The third-order valence-corrected chi connectivity index (χ3v) is 3.04. The van der Waals surface area contributed by atoms with Gasteiger partial charge in [-0.3, -0.25) is 0 Å². The second kappa shape index (κ2) is 5.68. The van der Waals surface area contributed by atoms with Crippen molar-refractivity contribution in [3.05, 3.63) is 60.2 Å². The average molecular weight is 236 g/mol. The highest BCUT2D eigenvalue weighted by Crippen LogP contribution is 2.27. The molecular weight excluding hydrogens is 216 g/mol. The zero-order valence-electron chi connectivity index (χ0n) is 11.4. The van der Waals surface area contributed by atoms with Crippen LogP contribution in [0.25, 0.3) is 21.5 Å². The van der Waals surface area contributed by atoms with E-state index in [0.29, 0.717) is 0 Å². The lowest BCUT2D eigenvalue weighted by atomic mass is 9.98. The first-order valence-corrected chi connectivity index (χ1v) is 6.65. The van der Waals surface area contributed by atoms with Crippen LogP contribution in [0.15, 0.2) is 54.6 Å². The summed E-state index contributed by atoms with van der Waals surface area (Å²) in [5.74, 6) is 0. The van der Waals surface area contributed by atoms with Crippen molar-refractivity contribution < 1.29 is 0 Å². The van der Waals surface area contributed by atoms with E-state index in [2.05, 4.69) is 75.4 Å². The number of aryl methyl sites for hydroxylation is 1. The minimum Gasteiger partial charge on any atom is -0.0656 e. The molecule has 0 aliphatic rings. The van der Waals surface area contributed by atoms with Crippen LogP contribution in [0.5, 0.6) is 0 Å². The predicted octanol–water partition coefficient (Wildman–Crippen LogP) is 5.72. The van der Waals surface area contributed by atoms with Gasteiger partial charge in [0, 0.05) is 0 Å². The molecule has 3 aromatic rings. The summed E-state index contributed by atoms with van der Waals surface area (Å²) in [5.41, 5.74) is 1.38. The Bertz CT molecular complexity index is 596. The summed E-state index contributed by atoms with van der Waals surface area (Å²) >= 11 is 0. The highest BCUT2D eigenvalue weighted by molar-refractivity contribution is 6.01. The fraction of sp³-hybridized carbons (Fsp3) is 0.222. The Morgan fingerprint density at radius 2 is 1.11 bits per heavy atom. The van der Waals surface area contributed by atoms with Gasteiger partial charge in [-0.05, 0) is 40.1 Å². The molecule has 0 amide bonds. The van der Waals surface area contributed by atoms with Gasteiger partial charge in [0.2, 0.25) is 0 Å². The van der Waals surface area contributed by atoms with Crippen LogP contribution in [0.4, 0.5) is 0 Å². The standard InChI is InChI=1S/C15H12.C3H8/c1-11-14-8-4-2-6-12(14)10-13-7-3-5-9-15(11)13;1-3-2/h2-10H,1H3;3H2,1-2H3. The Hall–Kier alpha value is -1.82. The van der Waals surface area contributed by atoms with Crippen molar-refractivity contribution in [2.24, 2.45) is 0 Å². The molecule has 0 fully saturated rings. The summed E-state index contributed by atoms with van der Waals surface area (Å²) in [6.07, 6.45) is 1.25. The normalized spacial score (nSPS) is 10.2. The van der Waals surface area contributed by atoms with E-state index in [1.54, 1.807) is 0 Å². The minimum atomic E-state index is 1.25. The van der Waals surface area contributed by atoms with Crippen LogP contribution in [0.3, 0.4) is 0 Å². The fourth-order valence-electron chi connectivity index (χ4n) is 2.24. The van der Waals surface area contributed by atoms with Crippen LogP contribution in [-0.2, 0) is 0 Å². The molecule has 0 N–H and O–H groups in total. The highest BCUT2D eigenvalue weighted by atomic mass is 14.1. The topological polar surface area (TPSA) is 0 Å². The first-order valence-electron chi connectivity index (χ1n) is 6.65. The van der Waals surface area contributed by atoms with Gasteiger partial charge in [0.25, 0.3) is 0 Å². The number of hydrogen-bond donors (Lipinski definition) is 0. The van der Waals surface area contributed by atoms with E-state index in [4.69, 9.17) is 0 Å². The van der Waals surface area contributed by atoms with Crippen molar-refractivity contribution in [2.45, 2.75) is 27.2 Å². The van der Waals surface area contributed by atoms with E-state index >= 15 is 0 Å². The molecule has 0 aliphatic carbocycles. The maximum Gasteiger partial charge on any atom is -0.0148 e. The molecule has 0 radical (unpaired) electrons. The Balaban J connectivity index is 0.000000367. The summed E-state index contributed by atoms with van der Waals surface area (Å²) in [7, 11) is 0. The van der Waals surface area contributed by atoms with Crippen molar-refractivity contribution in [1.29, 1.82) is 0 Å². The summed E-state index contributed by atoms with van der Waals surface area (Å²) in [4.78, 5) is 0. The van der Waals surface area contributed by atoms with Crippen molar-refractivity contribution in [2.75, 3.05) is 0 Å². The Morgan fingerprint density at radius 3 is 1.56 bits per heavy atom. The van der Waals surface area contributed by atoms with Crippen LogP contribution in [0.2, 0.25) is 0 Å². The SMILES string of the molecule is CCC.Cc1c2ccccc2cc2ccccc12. The van der Waals surface area contributed by atoms with Gasteiger partial charge in [-0.15, -0.1) is 0 Å². The largest absolute Gasteiger partial charge is 0.0656 e. The summed E-state index contributed by atoms with van der Waals surface area (Å²) in [5, 5.41) is 5.37. The molecule has 0 saturated carbocycles. The lowest BCUT2D eigenvalue weighted by molar-refractivity contribution is 1.09. The second-order valence-corrected chi connectivity index (χ2v) is 4.65. The lowest BCUT2D eigenvalue weighted by Crippen LogP contribution is -1.81. The van der Waals surface area contributed by atoms with Crippen molar-refractivity contribution in [3.63, 3.8) is 0 Å². The van der Waals surface area contributed by atoms with E-state index in [-0.39, 0.29) is 0 Å². The van der Waals surface area contributed by atoms with Crippen LogP contribution < -0.4 is 0 Å². The maximum absolute atomic E-state index is 2.26. The van der Waals surface area contributed by atoms with Gasteiger partial charge < -0.3 is 0 Å². The molecule has 18 heavy (non-hydrogen) atoms. The van der Waals surface area contributed by atoms with Crippen molar-refractivity contribution in [1.82, 2.24) is 0 Å². The van der Waals surface area contributed by atoms with Crippen LogP contribution in [0.1, 0.15) is 25.8 Å². The number of rotatable bonds is 0. The fourth-order valence-corrected chi connectivity index (χ4v) is 2.24. The van der Waals surface area contributed by atoms with Gasteiger partial charge in [-0.25, -0.2) is 0 Å². The Labute approximate surface area is 109 Å². The lowest BCUT2D eigenvalue weighted by Gasteiger charge is -2.06. The molecule has 0 aliphatic heterocycles. The van der Waals surface area contributed by atoms with Crippen molar-refractivity contribution >= 4 is 21.5 Å². The maximum atomic E-state index is 2.26. The molecule has 0 aromatic heterocycles. The van der Waals surface area contributed by atoms with Gasteiger partial charge in [0.1, 0.15) is 0 Å². The molecule has 0 atom stereocenters. The van der Waals surface area contributed by atoms with Crippen molar-refractivity contribution in [3.8, 4) is 0 Å². The van der Waals surface area contributed by atoms with E-state index < -0.39 is 0 Å². The van der Waals surface area contributed by atoms with Gasteiger partial charge in [-0.2, -0.15) is 0 Å². The second-order valence-electron chi connectivity index (χ2n) is 4.65. The zero-order chi connectivity index (χ0) is 13.0. The molecule has 0 heterocycles. The molecule has 92 valence electrons. The first-order chi connectivity index (χ1) is 8.77. The Morgan fingerprint density at radius 1 is 0.722 bits per heavy atom. The molecular formula is C18H20. The predicted molar refractivity (Wildman–Crippen MR) is 82.2 cm³/mol. The van der Waals surface area contributed by atoms with Crippen LogP contribution in [-0.4, -0.2) is 0 Å². The van der Waals surface area contributed by atoms with Gasteiger partial charge in [0.05, 0.1) is 0 Å². The van der Waals surface area contributed by atoms with Gasteiger partial charge in [0.15, 0.2) is 0 Å². The summed E-state index contributed by atoms with van der Waals surface area (Å²) in [6.45, 7) is 6.45. The van der Waals surface area contributed by atoms with E-state index in [1.807, 2.05) is 0 Å². The molecule has 3 aromatic carbocycles. The molecule has 0 spiro atoms. The van der Waals surface area contributed by atoms with Crippen LogP contribution >= 0.6 is 0 Å². The number of benzene rings is 3. The molecule has 3 rings (SSSR count). The molecule has 0 heteroatoms. The van der Waals surface area contributed by atoms with E-state index in [0.717, 1.165) is 0 Å². The molecule has 0 unspecified atom stereocenters. The molecule has 0 bridgehead atoms. The third-order valence-electron chi connectivity index (χ3n) is 3.04. The molecule has 0 saturated heterocycles. The quantitative estimate of drug-likeness (QED) is 0.438. The zero-order valence-corrected chi connectivity index (χ0v) is 11.4. The summed E-state index contributed by atoms with van der Waals surface area (Å²) in [6, 6.07) is 19.4. The molecule has 0 nitrogen and oxygen atoms in total. The Kier molecular flexibility index (Phi) is 3.99. The van der Waals surface area contributed by atoms with E-state index in [1.165, 1.54) is 33.5 Å². The number of fused-ring (bicyclic) bond motifs is 2.